The van der Waals surface area contributed by atoms with E-state index in [-0.39, 0.29) is 5.78 Å². The van der Waals surface area contributed by atoms with Crippen molar-refractivity contribution in [3.63, 3.8) is 0 Å². The van der Waals surface area contributed by atoms with Gasteiger partial charge in [0.05, 0.1) is 0 Å². The zero-order valence-corrected chi connectivity index (χ0v) is 8.71. The molecule has 0 saturated heterocycles. The summed E-state index contributed by atoms with van der Waals surface area (Å²) in [6, 6.07) is 13.2. The molecule has 2 nitrogen and oxygen atoms in total. The second-order valence-corrected chi connectivity index (χ2v) is 3.35. The molecule has 0 atom stereocenters. The number of ketones is 1. The molecule has 0 saturated carbocycles. The lowest BCUT2D eigenvalue weighted by molar-refractivity contribution is 0.104. The Balaban J connectivity index is 2.12. The molecule has 16 heavy (non-hydrogen) atoms. The van der Waals surface area contributed by atoms with Gasteiger partial charge in [-0.25, -0.2) is 0 Å². The minimum atomic E-state index is -0.0306. The first kappa shape index (κ1) is 10.3. The Labute approximate surface area is 94.3 Å². The number of hydrogen-bond acceptors (Lipinski definition) is 2. The number of allylic oxidation sites excluding steroid dienone is 1. The first-order valence-corrected chi connectivity index (χ1v) is 5.04. The first-order chi connectivity index (χ1) is 7.86. The summed E-state index contributed by atoms with van der Waals surface area (Å²) in [6.45, 7) is 0. The van der Waals surface area contributed by atoms with Gasteiger partial charge in [0.15, 0.2) is 5.78 Å². The van der Waals surface area contributed by atoms with Crippen LogP contribution < -0.4 is 0 Å². The fourth-order valence-electron chi connectivity index (χ4n) is 1.34. The number of pyridine rings is 1. The van der Waals surface area contributed by atoms with Crippen molar-refractivity contribution >= 4 is 11.9 Å². The molecule has 0 aliphatic carbocycles. The summed E-state index contributed by atoms with van der Waals surface area (Å²) in [4.78, 5) is 15.6. The monoisotopic (exact) mass is 209 g/mol. The van der Waals surface area contributed by atoms with Crippen molar-refractivity contribution < 1.29 is 4.79 Å². The normalized spacial score (nSPS) is 10.5. The van der Waals surface area contributed by atoms with Crippen molar-refractivity contribution in [3.8, 4) is 0 Å². The zero-order chi connectivity index (χ0) is 11.2. The molecular formula is C14H11NO. The Morgan fingerprint density at radius 1 is 1.06 bits per heavy atom. The van der Waals surface area contributed by atoms with Crippen molar-refractivity contribution in [1.29, 1.82) is 0 Å². The minimum Gasteiger partial charge on any atom is -0.289 e. The SMILES string of the molecule is O=C(/C=C\c1ccccc1)c1cccnc1. The average molecular weight is 209 g/mol. The summed E-state index contributed by atoms with van der Waals surface area (Å²) >= 11 is 0. The van der Waals surface area contributed by atoms with Crippen LogP contribution in [0.2, 0.25) is 0 Å². The lowest BCUT2D eigenvalue weighted by atomic mass is 10.1. The van der Waals surface area contributed by atoms with E-state index in [1.165, 1.54) is 0 Å². The Bertz CT molecular complexity index is 489. The van der Waals surface area contributed by atoms with Crippen molar-refractivity contribution in [2.45, 2.75) is 0 Å². The molecule has 78 valence electrons. The first-order valence-electron chi connectivity index (χ1n) is 5.04. The van der Waals surface area contributed by atoms with Crippen LogP contribution in [0.1, 0.15) is 15.9 Å². The molecule has 2 heteroatoms. The van der Waals surface area contributed by atoms with Gasteiger partial charge in [-0.15, -0.1) is 0 Å². The lowest BCUT2D eigenvalue weighted by Gasteiger charge is -1.94. The van der Waals surface area contributed by atoms with E-state index in [4.69, 9.17) is 0 Å². The average Bonchev–Trinajstić information content (AvgIpc) is 2.38. The molecule has 0 fully saturated rings. The number of hydrogen-bond donors (Lipinski definition) is 0. The maximum Gasteiger partial charge on any atom is 0.187 e. The molecule has 1 aromatic carbocycles. The molecule has 0 aliphatic heterocycles. The summed E-state index contributed by atoms with van der Waals surface area (Å²) in [5, 5.41) is 0. The summed E-state index contributed by atoms with van der Waals surface area (Å²) < 4.78 is 0. The highest BCUT2D eigenvalue weighted by Crippen LogP contribution is 2.04. The molecular weight excluding hydrogens is 198 g/mol. The molecule has 2 rings (SSSR count). The van der Waals surface area contributed by atoms with E-state index in [1.54, 1.807) is 36.7 Å². The zero-order valence-electron chi connectivity index (χ0n) is 8.71. The van der Waals surface area contributed by atoms with Crippen LogP contribution in [0.25, 0.3) is 6.08 Å². The number of carbonyl (C=O) groups excluding carboxylic acids is 1. The summed E-state index contributed by atoms with van der Waals surface area (Å²) in [7, 11) is 0. The number of aromatic nitrogens is 1. The van der Waals surface area contributed by atoms with Gasteiger partial charge in [-0.3, -0.25) is 9.78 Å². The summed E-state index contributed by atoms with van der Waals surface area (Å²) in [5.74, 6) is -0.0306. The van der Waals surface area contributed by atoms with Crippen molar-refractivity contribution in [2.24, 2.45) is 0 Å². The van der Waals surface area contributed by atoms with Crippen LogP contribution in [0, 0.1) is 0 Å². The molecule has 0 bridgehead atoms. The predicted octanol–water partition coefficient (Wildman–Crippen LogP) is 2.98. The van der Waals surface area contributed by atoms with Gasteiger partial charge in [0, 0.05) is 18.0 Å². The molecule has 0 aliphatic rings. The lowest BCUT2D eigenvalue weighted by Crippen LogP contribution is -1.93. The van der Waals surface area contributed by atoms with Crippen molar-refractivity contribution in [2.75, 3.05) is 0 Å². The second kappa shape index (κ2) is 5.03. The van der Waals surface area contributed by atoms with E-state index in [9.17, 15) is 4.79 Å². The standard InChI is InChI=1S/C14H11NO/c16-14(13-7-4-10-15-11-13)9-8-12-5-2-1-3-6-12/h1-11H/b9-8-. The number of rotatable bonds is 3. The highest BCUT2D eigenvalue weighted by molar-refractivity contribution is 6.06. The second-order valence-electron chi connectivity index (χ2n) is 3.35. The number of nitrogens with zero attached hydrogens (tertiary/aromatic N) is 1. The predicted molar refractivity (Wildman–Crippen MR) is 64.0 cm³/mol. The molecule has 2 aromatic rings. The number of carbonyl (C=O) groups is 1. The maximum absolute atomic E-state index is 11.7. The van der Waals surface area contributed by atoms with Gasteiger partial charge >= 0.3 is 0 Å². The van der Waals surface area contributed by atoms with Gasteiger partial charge in [0.1, 0.15) is 0 Å². The summed E-state index contributed by atoms with van der Waals surface area (Å²) in [6.07, 6.45) is 6.58. The highest BCUT2D eigenvalue weighted by Gasteiger charge is 1.99. The molecule has 1 aromatic heterocycles. The van der Waals surface area contributed by atoms with Crippen LogP contribution in [0.15, 0.2) is 60.9 Å². The van der Waals surface area contributed by atoms with Crippen LogP contribution in [0.3, 0.4) is 0 Å². The molecule has 0 unspecified atom stereocenters. The fourth-order valence-corrected chi connectivity index (χ4v) is 1.34. The molecule has 0 spiro atoms. The van der Waals surface area contributed by atoms with E-state index in [2.05, 4.69) is 4.98 Å². The van der Waals surface area contributed by atoms with E-state index < -0.39 is 0 Å². The van der Waals surface area contributed by atoms with E-state index in [1.807, 2.05) is 30.3 Å². The number of benzene rings is 1. The molecule has 1 heterocycles. The smallest absolute Gasteiger partial charge is 0.187 e. The minimum absolute atomic E-state index is 0.0306. The van der Waals surface area contributed by atoms with Crippen LogP contribution in [-0.2, 0) is 0 Å². The third-order valence-electron chi connectivity index (χ3n) is 2.17. The quantitative estimate of drug-likeness (QED) is 0.574. The third-order valence-corrected chi connectivity index (χ3v) is 2.17. The largest absolute Gasteiger partial charge is 0.289 e. The molecule has 0 amide bonds. The Kier molecular flexibility index (Phi) is 3.24. The Morgan fingerprint density at radius 2 is 1.88 bits per heavy atom. The van der Waals surface area contributed by atoms with Crippen molar-refractivity contribution in [3.05, 3.63) is 72.1 Å². The van der Waals surface area contributed by atoms with Gasteiger partial charge in [0.2, 0.25) is 0 Å². The van der Waals surface area contributed by atoms with Crippen LogP contribution >= 0.6 is 0 Å². The fraction of sp³-hybridized carbons (Fsp3) is 0. The highest BCUT2D eigenvalue weighted by atomic mass is 16.1. The Morgan fingerprint density at radius 3 is 2.56 bits per heavy atom. The molecule has 0 radical (unpaired) electrons. The van der Waals surface area contributed by atoms with Crippen molar-refractivity contribution in [1.82, 2.24) is 4.98 Å². The van der Waals surface area contributed by atoms with Crippen LogP contribution in [-0.4, -0.2) is 10.8 Å². The van der Waals surface area contributed by atoms with Gasteiger partial charge in [-0.05, 0) is 23.8 Å². The van der Waals surface area contributed by atoms with E-state index in [0.717, 1.165) is 5.56 Å². The van der Waals surface area contributed by atoms with Gasteiger partial charge < -0.3 is 0 Å². The van der Waals surface area contributed by atoms with Crippen LogP contribution in [0.5, 0.6) is 0 Å². The summed E-state index contributed by atoms with van der Waals surface area (Å²) in [5.41, 5.74) is 1.62. The third kappa shape index (κ3) is 2.64. The van der Waals surface area contributed by atoms with Gasteiger partial charge in [-0.2, -0.15) is 0 Å². The van der Waals surface area contributed by atoms with Crippen LogP contribution in [0.4, 0.5) is 0 Å². The topological polar surface area (TPSA) is 30.0 Å². The molecule has 0 N–H and O–H groups in total. The van der Waals surface area contributed by atoms with Gasteiger partial charge in [0.25, 0.3) is 0 Å². The van der Waals surface area contributed by atoms with E-state index >= 15 is 0 Å². The van der Waals surface area contributed by atoms with Gasteiger partial charge in [-0.1, -0.05) is 36.4 Å². The van der Waals surface area contributed by atoms with E-state index in [0.29, 0.717) is 5.56 Å². The Hall–Kier alpha value is -2.22. The maximum atomic E-state index is 11.7.